The van der Waals surface area contributed by atoms with E-state index in [1.807, 2.05) is 0 Å². The number of hydrogen-bond acceptors (Lipinski definition) is 6. The highest BCUT2D eigenvalue weighted by molar-refractivity contribution is 5.79. The average Bonchev–Trinajstić information content (AvgIpc) is 2.57. The van der Waals surface area contributed by atoms with E-state index < -0.39 is 17.9 Å². The maximum absolute atomic E-state index is 12.1. The molecule has 0 saturated carbocycles. The Balaban J connectivity index is 4.31. The van der Waals surface area contributed by atoms with Gasteiger partial charge < -0.3 is 19.7 Å². The van der Waals surface area contributed by atoms with Crippen molar-refractivity contribution in [2.75, 3.05) is 26.4 Å². The third kappa shape index (κ3) is 13.1. The first kappa shape index (κ1) is 22.6. The van der Waals surface area contributed by atoms with E-state index >= 15 is 0 Å². The summed E-state index contributed by atoms with van der Waals surface area (Å²) < 4.78 is 10.1. The van der Waals surface area contributed by atoms with Crippen LogP contribution in [0.2, 0.25) is 0 Å². The molecule has 1 unspecified atom stereocenters. The quantitative estimate of drug-likeness (QED) is 0.269. The van der Waals surface area contributed by atoms with E-state index in [0.717, 1.165) is 25.7 Å². The van der Waals surface area contributed by atoms with Crippen molar-refractivity contribution in [2.45, 2.75) is 58.3 Å². The Morgan fingerprint density at radius 1 is 0.958 bits per heavy atom. The van der Waals surface area contributed by atoms with Crippen molar-refractivity contribution in [2.24, 2.45) is 5.92 Å². The summed E-state index contributed by atoms with van der Waals surface area (Å²) in [4.78, 5) is 23.9. The Morgan fingerprint density at radius 3 is 2.21 bits per heavy atom. The van der Waals surface area contributed by atoms with Crippen LogP contribution >= 0.6 is 0 Å². The molecule has 0 aliphatic heterocycles. The van der Waals surface area contributed by atoms with Crippen LogP contribution in [0.5, 0.6) is 0 Å². The van der Waals surface area contributed by atoms with Crippen LogP contribution in [-0.2, 0) is 19.1 Å². The first-order valence-corrected chi connectivity index (χ1v) is 8.84. The first-order chi connectivity index (χ1) is 11.7. The molecule has 0 amide bonds. The fraction of sp³-hybridized carbons (Fsp3) is 0.778. The van der Waals surface area contributed by atoms with Gasteiger partial charge in [0.05, 0.1) is 25.6 Å². The van der Waals surface area contributed by atoms with Gasteiger partial charge in [0.2, 0.25) is 0 Å². The number of allylic oxidation sites excluding steroid dienone is 2. The van der Waals surface area contributed by atoms with E-state index in [0.29, 0.717) is 19.3 Å². The molecule has 0 rings (SSSR count). The third-order valence-electron chi connectivity index (χ3n) is 3.40. The zero-order chi connectivity index (χ0) is 18.0. The number of carbonyl (C=O) groups is 2. The topological polar surface area (TPSA) is 93.1 Å². The van der Waals surface area contributed by atoms with Gasteiger partial charge in [0, 0.05) is 26.1 Å². The van der Waals surface area contributed by atoms with Gasteiger partial charge >= 0.3 is 11.9 Å². The Hall–Kier alpha value is -1.40. The number of rotatable bonds is 15. The van der Waals surface area contributed by atoms with Crippen LogP contribution in [0.4, 0.5) is 0 Å². The van der Waals surface area contributed by atoms with Crippen molar-refractivity contribution in [3.63, 3.8) is 0 Å². The monoisotopic (exact) mass is 344 g/mol. The lowest BCUT2D eigenvalue weighted by Gasteiger charge is -2.15. The smallest absolute Gasteiger partial charge is 0.309 e. The SMILES string of the molecule is CCC/C=C/CCCC(CC(=O)OCCCO)C(=O)OCCCO. The highest BCUT2D eigenvalue weighted by atomic mass is 16.5. The highest BCUT2D eigenvalue weighted by Crippen LogP contribution is 2.16. The highest BCUT2D eigenvalue weighted by Gasteiger charge is 2.23. The van der Waals surface area contributed by atoms with Crippen molar-refractivity contribution in [1.82, 2.24) is 0 Å². The molecule has 0 radical (unpaired) electrons. The molecule has 0 fully saturated rings. The van der Waals surface area contributed by atoms with Gasteiger partial charge in [-0.25, -0.2) is 0 Å². The fourth-order valence-corrected chi connectivity index (χ4v) is 2.05. The molecular formula is C18H32O6. The Kier molecular flexibility index (Phi) is 15.5. The normalized spacial score (nSPS) is 12.3. The molecule has 2 N–H and O–H groups in total. The van der Waals surface area contributed by atoms with Crippen molar-refractivity contribution in [3.8, 4) is 0 Å². The summed E-state index contributed by atoms with van der Waals surface area (Å²) >= 11 is 0. The lowest BCUT2D eigenvalue weighted by atomic mass is 9.98. The van der Waals surface area contributed by atoms with Crippen molar-refractivity contribution in [1.29, 1.82) is 0 Å². The first-order valence-electron chi connectivity index (χ1n) is 8.84. The minimum Gasteiger partial charge on any atom is -0.466 e. The van der Waals surface area contributed by atoms with E-state index in [1.54, 1.807) is 0 Å². The van der Waals surface area contributed by atoms with Gasteiger partial charge in [0.25, 0.3) is 0 Å². The van der Waals surface area contributed by atoms with E-state index in [9.17, 15) is 9.59 Å². The summed E-state index contributed by atoms with van der Waals surface area (Å²) in [6.07, 6.45) is 9.35. The van der Waals surface area contributed by atoms with Crippen LogP contribution in [0, 0.1) is 5.92 Å². The third-order valence-corrected chi connectivity index (χ3v) is 3.40. The number of carbonyl (C=O) groups excluding carboxylic acids is 2. The van der Waals surface area contributed by atoms with Crippen molar-refractivity contribution in [3.05, 3.63) is 12.2 Å². The van der Waals surface area contributed by atoms with E-state index in [4.69, 9.17) is 19.7 Å². The standard InChI is InChI=1S/C18H32O6/c1-2-3-4-5-6-7-10-16(18(22)24-14-9-12-20)15-17(21)23-13-8-11-19/h4-5,16,19-20H,2-3,6-15H2,1H3/b5-4+. The molecule has 140 valence electrons. The molecule has 0 aromatic rings. The number of aliphatic hydroxyl groups excluding tert-OH is 2. The molecule has 0 bridgehead atoms. The van der Waals surface area contributed by atoms with Crippen molar-refractivity contribution >= 4 is 11.9 Å². The van der Waals surface area contributed by atoms with Gasteiger partial charge in [-0.3, -0.25) is 9.59 Å². The molecule has 24 heavy (non-hydrogen) atoms. The number of aliphatic hydroxyl groups is 2. The van der Waals surface area contributed by atoms with Crippen LogP contribution in [0.15, 0.2) is 12.2 Å². The molecule has 0 saturated heterocycles. The Labute approximate surface area is 144 Å². The second-order valence-corrected chi connectivity index (χ2v) is 5.63. The molecular weight excluding hydrogens is 312 g/mol. The molecule has 0 aliphatic rings. The summed E-state index contributed by atoms with van der Waals surface area (Å²) in [6, 6.07) is 0. The van der Waals surface area contributed by atoms with Crippen molar-refractivity contribution < 1.29 is 29.3 Å². The zero-order valence-corrected chi connectivity index (χ0v) is 14.7. The van der Waals surface area contributed by atoms with Crippen LogP contribution < -0.4 is 0 Å². The van der Waals surface area contributed by atoms with Crippen LogP contribution in [0.3, 0.4) is 0 Å². The van der Waals surface area contributed by atoms with Crippen LogP contribution in [0.25, 0.3) is 0 Å². The summed E-state index contributed by atoms with van der Waals surface area (Å²) in [5.74, 6) is -1.39. The molecule has 0 aromatic carbocycles. The molecule has 1 atom stereocenters. The van der Waals surface area contributed by atoms with Gasteiger partial charge in [0.15, 0.2) is 0 Å². The molecule has 0 aliphatic carbocycles. The number of ether oxygens (including phenoxy) is 2. The number of hydrogen-bond donors (Lipinski definition) is 2. The lowest BCUT2D eigenvalue weighted by molar-refractivity contribution is -0.155. The summed E-state index contributed by atoms with van der Waals surface area (Å²) in [7, 11) is 0. The van der Waals surface area contributed by atoms with Gasteiger partial charge in [-0.2, -0.15) is 0 Å². The molecule has 6 heteroatoms. The largest absolute Gasteiger partial charge is 0.466 e. The Bertz CT molecular complexity index is 353. The summed E-state index contributed by atoms with van der Waals surface area (Å²) in [6.45, 7) is 2.35. The minimum absolute atomic E-state index is 0.0118. The van der Waals surface area contributed by atoms with Gasteiger partial charge in [-0.1, -0.05) is 25.5 Å². The van der Waals surface area contributed by atoms with E-state index in [2.05, 4.69) is 19.1 Å². The Morgan fingerprint density at radius 2 is 1.58 bits per heavy atom. The fourth-order valence-electron chi connectivity index (χ4n) is 2.05. The van der Waals surface area contributed by atoms with E-state index in [1.165, 1.54) is 0 Å². The predicted octanol–water partition coefficient (Wildman–Crippen LogP) is 2.37. The summed E-state index contributed by atoms with van der Waals surface area (Å²) in [5, 5.41) is 17.4. The number of esters is 2. The average molecular weight is 344 g/mol. The van der Waals surface area contributed by atoms with E-state index in [-0.39, 0.29) is 32.8 Å². The summed E-state index contributed by atoms with van der Waals surface area (Å²) in [5.41, 5.74) is 0. The van der Waals surface area contributed by atoms with Crippen LogP contribution in [-0.4, -0.2) is 48.6 Å². The number of unbranched alkanes of at least 4 members (excludes halogenated alkanes) is 2. The lowest BCUT2D eigenvalue weighted by Crippen LogP contribution is -2.23. The zero-order valence-electron chi connectivity index (χ0n) is 14.7. The molecule has 0 spiro atoms. The van der Waals surface area contributed by atoms with Crippen LogP contribution in [0.1, 0.15) is 58.3 Å². The molecule has 0 heterocycles. The molecule has 6 nitrogen and oxygen atoms in total. The maximum atomic E-state index is 12.1. The second kappa shape index (κ2) is 16.5. The van der Waals surface area contributed by atoms with Gasteiger partial charge in [-0.05, 0) is 25.7 Å². The van der Waals surface area contributed by atoms with Gasteiger partial charge in [-0.15, -0.1) is 0 Å². The predicted molar refractivity (Wildman–Crippen MR) is 91.3 cm³/mol. The maximum Gasteiger partial charge on any atom is 0.309 e. The minimum atomic E-state index is -0.523. The molecule has 0 aromatic heterocycles. The second-order valence-electron chi connectivity index (χ2n) is 5.63. The van der Waals surface area contributed by atoms with Gasteiger partial charge in [0.1, 0.15) is 0 Å².